The molecule has 0 atom stereocenters. The van der Waals surface area contributed by atoms with Crippen molar-refractivity contribution in [3.05, 3.63) is 23.8 Å². The molecule has 0 bridgehead atoms. The third-order valence-corrected chi connectivity index (χ3v) is 5.16. The largest absolute Gasteiger partial charge is 0.460 e. The average Bonchev–Trinajstić information content (AvgIpc) is 2.87. The number of carbonyl (C=O) groups excluding carboxylic acids is 3. The Balaban J connectivity index is 3.51. The predicted molar refractivity (Wildman–Crippen MR) is 102 cm³/mol. The molecule has 1 aromatic carbocycles. The molecule has 27 heteroatoms. The van der Waals surface area contributed by atoms with Gasteiger partial charge in [-0.2, -0.15) is 92.2 Å². The quantitative estimate of drug-likeness (QED) is 0.156. The maximum atomic E-state index is 13.7. The second-order valence-electron chi connectivity index (χ2n) is 8.51. The van der Waals surface area contributed by atoms with Crippen molar-refractivity contribution in [2.45, 2.75) is 60.5 Å². The highest BCUT2D eigenvalue weighted by molar-refractivity contribution is 5.85. The Bertz CT molecular complexity index is 1350. The standard InChI is InChI=1S/C20H8F21NO5/c21-12(22,15(27,28)18(33,34)35)9(43)42-4-3-6-1-2-7(46-10(44)13(23,24)16(29,30)19(36,37)38)8(5-6)47-11(45)14(25,26)17(31,32)20(39,40)41/h1-2,5H,3-4H2,(H,42,43). The number of amides is 1. The molecule has 1 amide bonds. The number of hydrogen-bond acceptors (Lipinski definition) is 5. The molecule has 0 aromatic heterocycles. The van der Waals surface area contributed by atoms with E-state index in [2.05, 4.69) is 9.47 Å². The molecule has 1 N–H and O–H groups in total. The van der Waals surface area contributed by atoms with Crippen molar-refractivity contribution in [1.29, 1.82) is 0 Å². The van der Waals surface area contributed by atoms with E-state index in [0.717, 1.165) is 5.32 Å². The molecule has 0 aliphatic rings. The van der Waals surface area contributed by atoms with E-state index in [0.29, 0.717) is 0 Å². The van der Waals surface area contributed by atoms with Gasteiger partial charge in [-0.15, -0.1) is 0 Å². The van der Waals surface area contributed by atoms with Gasteiger partial charge in [-0.05, 0) is 24.1 Å². The highest BCUT2D eigenvalue weighted by Crippen LogP contribution is 2.50. The number of rotatable bonds is 11. The first-order chi connectivity index (χ1) is 20.5. The zero-order valence-electron chi connectivity index (χ0n) is 21.1. The molecule has 47 heavy (non-hydrogen) atoms. The van der Waals surface area contributed by atoms with E-state index in [1.165, 1.54) is 0 Å². The van der Waals surface area contributed by atoms with Gasteiger partial charge in [0.1, 0.15) is 0 Å². The van der Waals surface area contributed by atoms with Crippen LogP contribution in [-0.4, -0.2) is 78.5 Å². The summed E-state index contributed by atoms with van der Waals surface area (Å²) in [5.41, 5.74) is -0.975. The predicted octanol–water partition coefficient (Wildman–Crippen LogP) is 6.65. The van der Waals surface area contributed by atoms with Crippen molar-refractivity contribution in [3.63, 3.8) is 0 Å². The van der Waals surface area contributed by atoms with Crippen LogP contribution >= 0.6 is 0 Å². The molecule has 0 fully saturated rings. The SMILES string of the molecule is O=C(NCCc1ccc(OC(=O)C(F)(F)C(F)(F)C(F)(F)F)c(OC(=O)C(F)(F)C(F)(F)C(F)(F)F)c1)C(F)(F)C(F)(F)C(F)(F)F. The van der Waals surface area contributed by atoms with Gasteiger partial charge < -0.3 is 14.8 Å². The number of alkyl halides is 21. The molecule has 0 spiro atoms. The third-order valence-electron chi connectivity index (χ3n) is 5.16. The number of hydrogen-bond donors (Lipinski definition) is 1. The first-order valence-corrected chi connectivity index (χ1v) is 10.8. The number of carbonyl (C=O) groups is 3. The maximum absolute atomic E-state index is 13.7. The summed E-state index contributed by atoms with van der Waals surface area (Å²) >= 11 is 0. The summed E-state index contributed by atoms with van der Waals surface area (Å²) in [4.78, 5) is 34.2. The van der Waals surface area contributed by atoms with E-state index in [-0.39, 0.29) is 18.2 Å². The van der Waals surface area contributed by atoms with Gasteiger partial charge in [-0.3, -0.25) is 4.79 Å². The Labute approximate surface area is 242 Å². The van der Waals surface area contributed by atoms with Gasteiger partial charge in [-0.25, -0.2) is 9.59 Å². The lowest BCUT2D eigenvalue weighted by atomic mass is 10.1. The Morgan fingerprint density at radius 1 is 0.511 bits per heavy atom. The summed E-state index contributed by atoms with van der Waals surface area (Å²) in [5.74, 6) is -57.8. The molecule has 6 nitrogen and oxygen atoms in total. The van der Waals surface area contributed by atoms with Crippen molar-refractivity contribution >= 4 is 17.8 Å². The smallest absolute Gasteiger partial charge is 0.418 e. The fraction of sp³-hybridized carbons (Fsp3) is 0.550. The highest BCUT2D eigenvalue weighted by atomic mass is 19.4. The Hall–Kier alpha value is -3.84. The van der Waals surface area contributed by atoms with Crippen LogP contribution in [-0.2, 0) is 20.8 Å². The van der Waals surface area contributed by atoms with Crippen LogP contribution in [0.2, 0.25) is 0 Å². The monoisotopic (exact) mass is 741 g/mol. The van der Waals surface area contributed by atoms with Crippen molar-refractivity contribution in [2.75, 3.05) is 6.54 Å². The van der Waals surface area contributed by atoms with Gasteiger partial charge in [0, 0.05) is 6.54 Å². The van der Waals surface area contributed by atoms with Crippen LogP contribution < -0.4 is 14.8 Å². The minimum absolute atomic E-state index is 0.178. The van der Waals surface area contributed by atoms with E-state index < -0.39 is 102 Å². The Kier molecular flexibility index (Phi) is 10.8. The average molecular weight is 741 g/mol. The molecular weight excluding hydrogens is 733 g/mol. The van der Waals surface area contributed by atoms with Crippen molar-refractivity contribution < 1.29 is 116 Å². The second-order valence-corrected chi connectivity index (χ2v) is 8.51. The van der Waals surface area contributed by atoms with Gasteiger partial charge in [0.05, 0.1) is 0 Å². The number of halogens is 21. The van der Waals surface area contributed by atoms with Crippen LogP contribution in [0.1, 0.15) is 5.56 Å². The number of nitrogens with one attached hydrogen (secondary N) is 1. The van der Waals surface area contributed by atoms with Gasteiger partial charge in [0.2, 0.25) is 0 Å². The first kappa shape index (κ1) is 41.2. The van der Waals surface area contributed by atoms with Crippen LogP contribution in [0, 0.1) is 0 Å². The normalized spacial score (nSPS) is 14.5. The molecule has 0 unspecified atom stereocenters. The van der Waals surface area contributed by atoms with Crippen LogP contribution in [0.3, 0.4) is 0 Å². The van der Waals surface area contributed by atoms with E-state index in [1.807, 2.05) is 0 Å². The fourth-order valence-electron chi connectivity index (χ4n) is 2.56. The minimum Gasteiger partial charge on any atom is -0.418 e. The fourth-order valence-corrected chi connectivity index (χ4v) is 2.56. The summed E-state index contributed by atoms with van der Waals surface area (Å²) < 4.78 is 277. The molecular formula is C20H8F21NO5. The lowest BCUT2D eigenvalue weighted by molar-refractivity contribution is -0.347. The van der Waals surface area contributed by atoms with Crippen molar-refractivity contribution in [3.8, 4) is 11.5 Å². The zero-order valence-corrected chi connectivity index (χ0v) is 21.1. The second kappa shape index (κ2) is 12.3. The third kappa shape index (κ3) is 7.51. The molecule has 1 rings (SSSR count). The highest BCUT2D eigenvalue weighted by Gasteiger charge is 2.79. The molecule has 0 aliphatic carbocycles. The zero-order chi connectivity index (χ0) is 37.6. The lowest BCUT2D eigenvalue weighted by Crippen LogP contribution is -2.59. The summed E-state index contributed by atoms with van der Waals surface area (Å²) in [6.45, 7) is -1.53. The van der Waals surface area contributed by atoms with Crippen molar-refractivity contribution in [2.24, 2.45) is 0 Å². The van der Waals surface area contributed by atoms with Crippen LogP contribution in [0.15, 0.2) is 18.2 Å². The van der Waals surface area contributed by atoms with Gasteiger partial charge in [0.25, 0.3) is 5.91 Å². The van der Waals surface area contributed by atoms with Crippen molar-refractivity contribution in [1.82, 2.24) is 5.32 Å². The van der Waals surface area contributed by atoms with Gasteiger partial charge >= 0.3 is 66.0 Å². The number of esters is 2. The first-order valence-electron chi connectivity index (χ1n) is 10.8. The summed E-state index contributed by atoms with van der Waals surface area (Å²) in [7, 11) is 0. The Morgan fingerprint density at radius 3 is 1.21 bits per heavy atom. The van der Waals surface area contributed by atoms with E-state index in [1.54, 1.807) is 0 Å². The topological polar surface area (TPSA) is 81.7 Å². The molecule has 0 saturated carbocycles. The van der Waals surface area contributed by atoms with E-state index >= 15 is 0 Å². The summed E-state index contributed by atoms with van der Waals surface area (Å²) in [5, 5.41) is 0.773. The summed E-state index contributed by atoms with van der Waals surface area (Å²) in [6, 6.07) is -0.319. The van der Waals surface area contributed by atoms with E-state index in [9.17, 15) is 107 Å². The molecule has 0 radical (unpaired) electrons. The molecule has 270 valence electrons. The molecule has 0 heterocycles. The molecule has 0 aliphatic heterocycles. The summed E-state index contributed by atoms with van der Waals surface area (Å²) in [6.07, 6.45) is -22.8. The van der Waals surface area contributed by atoms with Gasteiger partial charge in [-0.1, -0.05) is 6.07 Å². The minimum atomic E-state index is -7.32. The lowest BCUT2D eigenvalue weighted by Gasteiger charge is -2.27. The van der Waals surface area contributed by atoms with Crippen LogP contribution in [0.5, 0.6) is 11.5 Å². The molecule has 0 saturated heterocycles. The van der Waals surface area contributed by atoms with E-state index in [4.69, 9.17) is 0 Å². The van der Waals surface area contributed by atoms with Gasteiger partial charge in [0.15, 0.2) is 11.5 Å². The number of ether oxygens (including phenoxy) is 2. The maximum Gasteiger partial charge on any atom is 0.460 e. The number of benzene rings is 1. The van der Waals surface area contributed by atoms with Crippen LogP contribution in [0.25, 0.3) is 0 Å². The van der Waals surface area contributed by atoms with Crippen LogP contribution in [0.4, 0.5) is 92.2 Å². The Morgan fingerprint density at radius 2 is 0.851 bits per heavy atom. The molecule has 1 aromatic rings.